The van der Waals surface area contributed by atoms with Crippen molar-refractivity contribution in [3.63, 3.8) is 0 Å². The highest BCUT2D eigenvalue weighted by Gasteiger charge is 2.04. The zero-order chi connectivity index (χ0) is 9.56. The minimum absolute atomic E-state index is 0.255. The van der Waals surface area contributed by atoms with Crippen molar-refractivity contribution in [1.82, 2.24) is 0 Å². The van der Waals surface area contributed by atoms with Crippen molar-refractivity contribution in [2.75, 3.05) is 6.61 Å². The summed E-state index contributed by atoms with van der Waals surface area (Å²) in [5, 5.41) is 0. The van der Waals surface area contributed by atoms with E-state index in [9.17, 15) is 4.79 Å². The monoisotopic (exact) mass is 170 g/mol. The van der Waals surface area contributed by atoms with Gasteiger partial charge < -0.3 is 9.53 Å². The quantitative estimate of drug-likeness (QED) is 0.604. The van der Waals surface area contributed by atoms with Gasteiger partial charge in [-0.1, -0.05) is 6.92 Å². The minimum atomic E-state index is 0.255. The maximum Gasteiger partial charge on any atom is 0.129 e. The van der Waals surface area contributed by atoms with Gasteiger partial charge in [0.25, 0.3) is 0 Å². The molecule has 70 valence electrons. The van der Waals surface area contributed by atoms with Gasteiger partial charge in [-0.15, -0.1) is 0 Å². The summed E-state index contributed by atoms with van der Waals surface area (Å²) >= 11 is 0. The summed E-state index contributed by atoms with van der Waals surface area (Å²) in [5.41, 5.74) is 1.40. The van der Waals surface area contributed by atoms with Crippen LogP contribution in [0, 0.1) is 0 Å². The molecule has 1 aliphatic rings. The van der Waals surface area contributed by atoms with E-state index in [0.29, 0.717) is 6.42 Å². The number of ether oxygens (including phenoxy) is 1. The molecule has 0 saturated carbocycles. The maximum absolute atomic E-state index is 9.81. The number of carbonyl (C=O) groups excluding carboxylic acids is 1. The highest BCUT2D eigenvalue weighted by Crippen LogP contribution is 2.16. The lowest BCUT2D eigenvalue weighted by atomic mass is 10.2. The molecule has 0 bridgehead atoms. The van der Waals surface area contributed by atoms with Crippen molar-refractivity contribution in [2.45, 2.75) is 40.5 Å². The van der Waals surface area contributed by atoms with E-state index in [1.165, 1.54) is 5.57 Å². The summed E-state index contributed by atoms with van der Waals surface area (Å²) in [6, 6.07) is 0. The van der Waals surface area contributed by atoms with Gasteiger partial charge in [0.1, 0.15) is 5.78 Å². The molecule has 12 heavy (non-hydrogen) atoms. The predicted molar refractivity (Wildman–Crippen MR) is 49.9 cm³/mol. The Morgan fingerprint density at radius 1 is 1.50 bits per heavy atom. The molecule has 0 aliphatic carbocycles. The number of rotatable bonds is 1. The first kappa shape index (κ1) is 11.2. The van der Waals surface area contributed by atoms with Gasteiger partial charge in [-0.25, -0.2) is 0 Å². The summed E-state index contributed by atoms with van der Waals surface area (Å²) in [5.74, 6) is 1.38. The van der Waals surface area contributed by atoms with Crippen molar-refractivity contribution >= 4 is 5.78 Å². The highest BCUT2D eigenvalue weighted by atomic mass is 16.5. The molecule has 1 aliphatic heterocycles. The van der Waals surface area contributed by atoms with Crippen LogP contribution in [-0.4, -0.2) is 12.4 Å². The van der Waals surface area contributed by atoms with E-state index in [1.807, 2.05) is 13.8 Å². The molecule has 0 saturated heterocycles. The molecule has 0 aromatic rings. The van der Waals surface area contributed by atoms with Crippen LogP contribution in [0.5, 0.6) is 0 Å². The van der Waals surface area contributed by atoms with E-state index in [0.717, 1.165) is 18.8 Å². The number of hydrogen-bond acceptors (Lipinski definition) is 2. The molecule has 2 nitrogen and oxygen atoms in total. The van der Waals surface area contributed by atoms with Gasteiger partial charge >= 0.3 is 0 Å². The number of ketones is 1. The fraction of sp³-hybridized carbons (Fsp3) is 0.700. The first-order valence-corrected chi connectivity index (χ1v) is 4.36. The molecular formula is C10H18O2. The molecule has 0 N–H and O–H groups in total. The Balaban J connectivity index is 0.000000217. The Bertz CT molecular complexity index is 168. The van der Waals surface area contributed by atoms with Crippen LogP contribution < -0.4 is 0 Å². The Kier molecular flexibility index (Phi) is 5.43. The van der Waals surface area contributed by atoms with Crippen LogP contribution in [-0.2, 0) is 9.53 Å². The summed E-state index contributed by atoms with van der Waals surface area (Å²) in [6.07, 6.45) is 1.80. The second-order valence-electron chi connectivity index (χ2n) is 2.99. The van der Waals surface area contributed by atoms with Gasteiger partial charge in [0.15, 0.2) is 0 Å². The molecule has 1 rings (SSSR count). The number of hydrogen-bond donors (Lipinski definition) is 0. The van der Waals surface area contributed by atoms with Gasteiger partial charge in [0, 0.05) is 12.8 Å². The predicted octanol–water partition coefficient (Wildman–Crippen LogP) is 2.69. The average molecular weight is 170 g/mol. The van der Waals surface area contributed by atoms with Crippen molar-refractivity contribution < 1.29 is 9.53 Å². The third-order valence-electron chi connectivity index (χ3n) is 1.89. The molecule has 0 aromatic heterocycles. The summed E-state index contributed by atoms with van der Waals surface area (Å²) in [7, 11) is 0. The fourth-order valence-corrected chi connectivity index (χ4v) is 0.656. The minimum Gasteiger partial charge on any atom is -0.498 e. The summed E-state index contributed by atoms with van der Waals surface area (Å²) in [6.45, 7) is 8.46. The first-order chi connectivity index (χ1) is 5.57. The Hall–Kier alpha value is -0.790. The van der Waals surface area contributed by atoms with Crippen molar-refractivity contribution in [3.8, 4) is 0 Å². The third-order valence-corrected chi connectivity index (χ3v) is 1.89. The Morgan fingerprint density at radius 3 is 2.08 bits per heavy atom. The smallest absolute Gasteiger partial charge is 0.129 e. The lowest BCUT2D eigenvalue weighted by Gasteiger charge is -1.91. The molecule has 0 atom stereocenters. The van der Waals surface area contributed by atoms with Crippen LogP contribution in [0.2, 0.25) is 0 Å². The van der Waals surface area contributed by atoms with Crippen molar-refractivity contribution in [1.29, 1.82) is 0 Å². The lowest BCUT2D eigenvalue weighted by molar-refractivity contribution is -0.116. The number of carbonyl (C=O) groups is 1. The molecule has 1 heterocycles. The van der Waals surface area contributed by atoms with Crippen molar-refractivity contribution in [3.05, 3.63) is 11.3 Å². The third kappa shape index (κ3) is 4.94. The number of allylic oxidation sites excluding steroid dienone is 1. The highest BCUT2D eigenvalue weighted by molar-refractivity contribution is 5.74. The fourth-order valence-electron chi connectivity index (χ4n) is 0.656. The van der Waals surface area contributed by atoms with Crippen LogP contribution in [0.4, 0.5) is 0 Å². The van der Waals surface area contributed by atoms with E-state index < -0.39 is 0 Å². The summed E-state index contributed by atoms with van der Waals surface area (Å²) in [4.78, 5) is 9.81. The second-order valence-corrected chi connectivity index (χ2v) is 2.99. The van der Waals surface area contributed by atoms with E-state index in [-0.39, 0.29) is 5.78 Å². The van der Waals surface area contributed by atoms with E-state index in [4.69, 9.17) is 4.74 Å². The molecule has 0 radical (unpaired) electrons. The Morgan fingerprint density at radius 2 is 2.00 bits per heavy atom. The van der Waals surface area contributed by atoms with E-state index in [1.54, 1.807) is 6.92 Å². The van der Waals surface area contributed by atoms with Gasteiger partial charge in [-0.05, 0) is 26.3 Å². The van der Waals surface area contributed by atoms with E-state index >= 15 is 0 Å². The molecular weight excluding hydrogens is 152 g/mol. The van der Waals surface area contributed by atoms with Gasteiger partial charge in [-0.3, -0.25) is 0 Å². The molecule has 0 unspecified atom stereocenters. The zero-order valence-corrected chi connectivity index (χ0v) is 8.44. The average Bonchev–Trinajstić information content (AvgIpc) is 2.37. The molecule has 0 spiro atoms. The van der Waals surface area contributed by atoms with Crippen LogP contribution in [0.15, 0.2) is 11.3 Å². The SMILES string of the molecule is CC1=C(C)OCC1.CCC(C)=O. The lowest BCUT2D eigenvalue weighted by Crippen LogP contribution is -1.80. The van der Waals surface area contributed by atoms with Gasteiger partial charge in [-0.2, -0.15) is 0 Å². The van der Waals surface area contributed by atoms with Crippen LogP contribution in [0.25, 0.3) is 0 Å². The van der Waals surface area contributed by atoms with Crippen LogP contribution in [0.1, 0.15) is 40.5 Å². The van der Waals surface area contributed by atoms with E-state index in [2.05, 4.69) is 6.92 Å². The summed E-state index contributed by atoms with van der Waals surface area (Å²) < 4.78 is 5.14. The zero-order valence-electron chi connectivity index (χ0n) is 8.44. The van der Waals surface area contributed by atoms with Gasteiger partial charge in [0.05, 0.1) is 12.4 Å². The Labute approximate surface area is 74.6 Å². The normalized spacial score (nSPS) is 15.0. The van der Waals surface area contributed by atoms with Gasteiger partial charge in [0.2, 0.25) is 0 Å². The molecule has 2 heteroatoms. The number of Topliss-reactive ketones (excluding diaryl/α,β-unsaturated/α-hetero) is 1. The topological polar surface area (TPSA) is 26.3 Å². The molecule has 0 amide bonds. The second kappa shape index (κ2) is 5.81. The van der Waals surface area contributed by atoms with Crippen LogP contribution in [0.3, 0.4) is 0 Å². The first-order valence-electron chi connectivity index (χ1n) is 4.36. The molecule has 0 aromatic carbocycles. The molecule has 0 fully saturated rings. The largest absolute Gasteiger partial charge is 0.498 e. The maximum atomic E-state index is 9.81. The van der Waals surface area contributed by atoms with Crippen molar-refractivity contribution in [2.24, 2.45) is 0 Å². The van der Waals surface area contributed by atoms with Crippen LogP contribution >= 0.6 is 0 Å². The standard InChI is InChI=1S/C6H10O.C4H8O/c1-5-3-4-7-6(5)2;1-3-4(2)5/h3-4H2,1-2H3;3H2,1-2H3.